The van der Waals surface area contributed by atoms with E-state index in [-0.39, 0.29) is 17.9 Å². The molecule has 0 spiro atoms. The predicted molar refractivity (Wildman–Crippen MR) is 90.5 cm³/mol. The average Bonchev–Trinajstić information content (AvgIpc) is 3.15. The van der Waals surface area contributed by atoms with Crippen LogP contribution in [0, 0.1) is 6.92 Å². The third-order valence-corrected chi connectivity index (χ3v) is 4.22. The van der Waals surface area contributed by atoms with Gasteiger partial charge in [0.15, 0.2) is 0 Å². The van der Waals surface area contributed by atoms with Gasteiger partial charge in [-0.1, -0.05) is 30.3 Å². The summed E-state index contributed by atoms with van der Waals surface area (Å²) < 4.78 is 0. The van der Waals surface area contributed by atoms with Crippen molar-refractivity contribution in [3.63, 3.8) is 0 Å². The van der Waals surface area contributed by atoms with Gasteiger partial charge in [-0.15, -0.1) is 0 Å². The van der Waals surface area contributed by atoms with E-state index in [0.717, 1.165) is 25.1 Å². The highest BCUT2D eigenvalue weighted by Gasteiger charge is 2.30. The smallest absolute Gasteiger partial charge is 0.272 e. The molecule has 24 heavy (non-hydrogen) atoms. The van der Waals surface area contributed by atoms with E-state index >= 15 is 0 Å². The number of benzene rings is 1. The molecule has 1 fully saturated rings. The van der Waals surface area contributed by atoms with E-state index in [2.05, 4.69) is 27.6 Å². The molecule has 1 aromatic carbocycles. The molecule has 1 atom stereocenters. The minimum atomic E-state index is -0.233. The van der Waals surface area contributed by atoms with Gasteiger partial charge in [-0.2, -0.15) is 5.10 Å². The molecule has 1 aromatic heterocycles. The second kappa shape index (κ2) is 7.29. The number of aromatic amines is 1. The highest BCUT2D eigenvalue weighted by molar-refractivity contribution is 5.93. The van der Waals surface area contributed by atoms with Crippen molar-refractivity contribution in [2.45, 2.75) is 32.2 Å². The third kappa shape index (κ3) is 4.01. The number of aryl methyl sites for hydroxylation is 2. The van der Waals surface area contributed by atoms with Crippen molar-refractivity contribution in [2.24, 2.45) is 0 Å². The van der Waals surface area contributed by atoms with Gasteiger partial charge in [0, 0.05) is 25.2 Å². The molecule has 2 amide bonds. The summed E-state index contributed by atoms with van der Waals surface area (Å²) in [4.78, 5) is 26.0. The van der Waals surface area contributed by atoms with Gasteiger partial charge in [-0.3, -0.25) is 14.7 Å². The largest absolute Gasteiger partial charge is 0.346 e. The Kier molecular flexibility index (Phi) is 4.93. The molecular formula is C18H22N4O2. The number of amides is 2. The van der Waals surface area contributed by atoms with Crippen LogP contribution >= 0.6 is 0 Å². The van der Waals surface area contributed by atoms with Crippen LogP contribution < -0.4 is 5.32 Å². The molecule has 2 heterocycles. The first-order valence-corrected chi connectivity index (χ1v) is 8.26. The van der Waals surface area contributed by atoms with Gasteiger partial charge in [0.1, 0.15) is 5.69 Å². The fourth-order valence-corrected chi connectivity index (χ4v) is 3.00. The molecule has 6 heteroatoms. The molecule has 1 saturated heterocycles. The van der Waals surface area contributed by atoms with Gasteiger partial charge >= 0.3 is 0 Å². The predicted octanol–water partition coefficient (Wildman–Crippen LogP) is 1.68. The van der Waals surface area contributed by atoms with E-state index in [1.165, 1.54) is 5.56 Å². The minimum Gasteiger partial charge on any atom is -0.346 e. The maximum atomic E-state index is 12.1. The summed E-state index contributed by atoms with van der Waals surface area (Å²) in [6.07, 6.45) is 2.24. The van der Waals surface area contributed by atoms with Crippen LogP contribution in [0.2, 0.25) is 0 Å². The van der Waals surface area contributed by atoms with Crippen LogP contribution in [0.3, 0.4) is 0 Å². The van der Waals surface area contributed by atoms with E-state index < -0.39 is 0 Å². The van der Waals surface area contributed by atoms with Crippen molar-refractivity contribution < 1.29 is 9.59 Å². The van der Waals surface area contributed by atoms with Crippen LogP contribution in [-0.2, 0) is 11.2 Å². The molecule has 1 aliphatic heterocycles. The van der Waals surface area contributed by atoms with Crippen molar-refractivity contribution in [1.82, 2.24) is 20.4 Å². The van der Waals surface area contributed by atoms with Gasteiger partial charge in [0.05, 0.1) is 6.04 Å². The number of hydrogen-bond donors (Lipinski definition) is 2. The molecule has 0 saturated carbocycles. The zero-order valence-electron chi connectivity index (χ0n) is 13.8. The first-order chi connectivity index (χ1) is 11.6. The third-order valence-electron chi connectivity index (χ3n) is 4.22. The Labute approximate surface area is 141 Å². The summed E-state index contributed by atoms with van der Waals surface area (Å²) in [5, 5.41) is 9.58. The maximum Gasteiger partial charge on any atom is 0.272 e. The Morgan fingerprint density at radius 3 is 2.88 bits per heavy atom. The maximum absolute atomic E-state index is 12.1. The van der Waals surface area contributed by atoms with Gasteiger partial charge in [0.25, 0.3) is 5.91 Å². The van der Waals surface area contributed by atoms with Gasteiger partial charge in [-0.25, -0.2) is 0 Å². The fourth-order valence-electron chi connectivity index (χ4n) is 3.00. The SMILES string of the molecule is Cc1cc(C(=O)N[C@@H]2CC(=O)N(CCCc3ccccc3)C2)n[nH]1. The number of hydrogen-bond acceptors (Lipinski definition) is 3. The number of nitrogens with zero attached hydrogens (tertiary/aromatic N) is 2. The Morgan fingerprint density at radius 1 is 1.38 bits per heavy atom. The Balaban J connectivity index is 1.46. The highest BCUT2D eigenvalue weighted by atomic mass is 16.2. The lowest BCUT2D eigenvalue weighted by molar-refractivity contribution is -0.127. The van der Waals surface area contributed by atoms with E-state index in [9.17, 15) is 9.59 Å². The quantitative estimate of drug-likeness (QED) is 0.848. The van der Waals surface area contributed by atoms with E-state index in [0.29, 0.717) is 18.7 Å². The highest BCUT2D eigenvalue weighted by Crippen LogP contribution is 2.13. The Hall–Kier alpha value is -2.63. The van der Waals surface area contributed by atoms with Crippen molar-refractivity contribution in [3.8, 4) is 0 Å². The van der Waals surface area contributed by atoms with Gasteiger partial charge < -0.3 is 10.2 Å². The fraction of sp³-hybridized carbons (Fsp3) is 0.389. The molecule has 0 radical (unpaired) electrons. The second-order valence-corrected chi connectivity index (χ2v) is 6.24. The van der Waals surface area contributed by atoms with Crippen molar-refractivity contribution >= 4 is 11.8 Å². The van der Waals surface area contributed by atoms with E-state index in [1.54, 1.807) is 6.07 Å². The number of nitrogens with one attached hydrogen (secondary N) is 2. The van der Waals surface area contributed by atoms with E-state index in [4.69, 9.17) is 0 Å². The number of carbonyl (C=O) groups is 2. The first-order valence-electron chi connectivity index (χ1n) is 8.26. The number of aromatic nitrogens is 2. The Bertz CT molecular complexity index is 711. The van der Waals surface area contributed by atoms with Crippen LogP contribution in [-0.4, -0.2) is 46.0 Å². The Morgan fingerprint density at radius 2 is 2.17 bits per heavy atom. The number of likely N-dealkylation sites (tertiary alicyclic amines) is 1. The lowest BCUT2D eigenvalue weighted by Crippen LogP contribution is -2.37. The molecule has 126 valence electrons. The van der Waals surface area contributed by atoms with Crippen molar-refractivity contribution in [2.75, 3.05) is 13.1 Å². The van der Waals surface area contributed by atoms with Gasteiger partial charge in [0.2, 0.25) is 5.91 Å². The summed E-state index contributed by atoms with van der Waals surface area (Å²) in [5.74, 6) is -0.130. The summed E-state index contributed by atoms with van der Waals surface area (Å²) in [6, 6.07) is 11.8. The molecule has 2 aromatic rings. The lowest BCUT2D eigenvalue weighted by Gasteiger charge is -2.16. The molecular weight excluding hydrogens is 304 g/mol. The molecule has 1 aliphatic rings. The van der Waals surface area contributed by atoms with E-state index in [1.807, 2.05) is 30.0 Å². The summed E-state index contributed by atoms with van der Waals surface area (Å²) in [6.45, 7) is 3.14. The average molecular weight is 326 g/mol. The van der Waals surface area contributed by atoms with Crippen molar-refractivity contribution in [1.29, 1.82) is 0 Å². The second-order valence-electron chi connectivity index (χ2n) is 6.24. The van der Waals surface area contributed by atoms with Crippen molar-refractivity contribution in [3.05, 3.63) is 53.3 Å². The number of carbonyl (C=O) groups excluding carboxylic acids is 2. The molecule has 0 bridgehead atoms. The monoisotopic (exact) mass is 326 g/mol. The number of H-pyrrole nitrogens is 1. The zero-order valence-corrected chi connectivity index (χ0v) is 13.8. The van der Waals surface area contributed by atoms with Crippen LogP contribution in [0.15, 0.2) is 36.4 Å². The standard InChI is InChI=1S/C18H22N4O2/c1-13-10-16(21-20-13)18(24)19-15-11-17(23)22(12-15)9-5-8-14-6-3-2-4-7-14/h2-4,6-7,10,15H,5,8-9,11-12H2,1H3,(H,19,24)(H,20,21)/t15-/m1/s1. The van der Waals surface area contributed by atoms with Crippen LogP contribution in [0.1, 0.15) is 34.6 Å². The summed E-state index contributed by atoms with van der Waals surface area (Å²) in [7, 11) is 0. The molecule has 0 unspecified atom stereocenters. The van der Waals surface area contributed by atoms with Crippen LogP contribution in [0.25, 0.3) is 0 Å². The topological polar surface area (TPSA) is 78.1 Å². The summed E-state index contributed by atoms with van der Waals surface area (Å²) >= 11 is 0. The zero-order chi connectivity index (χ0) is 16.9. The lowest BCUT2D eigenvalue weighted by atomic mass is 10.1. The number of rotatable bonds is 6. The molecule has 3 rings (SSSR count). The normalized spacial score (nSPS) is 17.3. The molecule has 2 N–H and O–H groups in total. The summed E-state index contributed by atoms with van der Waals surface area (Å²) in [5.41, 5.74) is 2.48. The van der Waals surface area contributed by atoms with Gasteiger partial charge in [-0.05, 0) is 31.4 Å². The molecule has 6 nitrogen and oxygen atoms in total. The minimum absolute atomic E-state index is 0.103. The van der Waals surface area contributed by atoms with Crippen LogP contribution in [0.4, 0.5) is 0 Å². The van der Waals surface area contributed by atoms with Crippen LogP contribution in [0.5, 0.6) is 0 Å². The molecule has 0 aliphatic carbocycles. The first kappa shape index (κ1) is 16.2.